The first kappa shape index (κ1) is 15.6. The molecule has 0 aliphatic carbocycles. The van der Waals surface area contributed by atoms with Crippen molar-refractivity contribution in [3.63, 3.8) is 0 Å². The molecule has 0 fully saturated rings. The molecule has 0 unspecified atom stereocenters. The third-order valence-electron chi connectivity index (χ3n) is 3.57. The first-order chi connectivity index (χ1) is 10.0. The number of hydrogen-bond acceptors (Lipinski definition) is 3. The largest absolute Gasteiger partial charge is 0.487 e. The number of benzene rings is 1. The molecule has 114 valence electrons. The van der Waals surface area contributed by atoms with Crippen LogP contribution in [0, 0.1) is 6.92 Å². The van der Waals surface area contributed by atoms with Crippen LogP contribution in [0.5, 0.6) is 5.75 Å². The minimum atomic E-state index is -0.540. The van der Waals surface area contributed by atoms with E-state index in [0.29, 0.717) is 6.61 Å². The van der Waals surface area contributed by atoms with Crippen LogP contribution >= 0.6 is 0 Å². The van der Waals surface area contributed by atoms with E-state index in [9.17, 15) is 5.11 Å². The number of hydrogen-bond donors (Lipinski definition) is 1. The summed E-state index contributed by atoms with van der Waals surface area (Å²) >= 11 is 0. The summed E-state index contributed by atoms with van der Waals surface area (Å²) in [6, 6.07) is 7.97. The molecule has 0 bridgehead atoms. The molecule has 1 N–H and O–H groups in total. The second-order valence-electron chi connectivity index (χ2n) is 5.30. The monoisotopic (exact) mass is 288 g/mol. The Labute approximate surface area is 126 Å². The molecule has 0 saturated carbocycles. The van der Waals surface area contributed by atoms with Gasteiger partial charge in [0.25, 0.3) is 0 Å². The first-order valence-corrected chi connectivity index (χ1v) is 7.52. The van der Waals surface area contributed by atoms with Gasteiger partial charge in [-0.1, -0.05) is 18.6 Å². The van der Waals surface area contributed by atoms with E-state index in [0.717, 1.165) is 41.2 Å². The van der Waals surface area contributed by atoms with E-state index in [4.69, 9.17) is 4.74 Å². The summed E-state index contributed by atoms with van der Waals surface area (Å²) in [6.45, 7) is 9.23. The quantitative estimate of drug-likeness (QED) is 0.886. The number of aliphatic hydroxyl groups is 1. The number of aryl methyl sites for hydroxylation is 3. The maximum atomic E-state index is 9.87. The van der Waals surface area contributed by atoms with Crippen molar-refractivity contribution in [2.24, 2.45) is 0 Å². The Bertz CT molecular complexity index is 603. The molecule has 2 rings (SSSR count). The molecule has 0 aliphatic heterocycles. The van der Waals surface area contributed by atoms with Crippen molar-refractivity contribution in [3.05, 3.63) is 46.8 Å². The lowest BCUT2D eigenvalue weighted by Gasteiger charge is -2.14. The van der Waals surface area contributed by atoms with Crippen LogP contribution in [-0.2, 0) is 19.6 Å². The number of nitrogens with zero attached hydrogens (tertiary/aromatic N) is 2. The first-order valence-electron chi connectivity index (χ1n) is 7.52. The highest BCUT2D eigenvalue weighted by atomic mass is 16.5. The van der Waals surface area contributed by atoms with Gasteiger partial charge in [-0.3, -0.25) is 4.68 Å². The average molecular weight is 288 g/mol. The third kappa shape index (κ3) is 3.64. The van der Waals surface area contributed by atoms with Gasteiger partial charge in [-0.05, 0) is 45.4 Å². The summed E-state index contributed by atoms with van der Waals surface area (Å²) in [5, 5.41) is 14.4. The second kappa shape index (κ2) is 6.76. The maximum Gasteiger partial charge on any atom is 0.130 e. The lowest BCUT2D eigenvalue weighted by atomic mass is 10.1. The van der Waals surface area contributed by atoms with Gasteiger partial charge >= 0.3 is 0 Å². The Kier molecular flexibility index (Phi) is 5.02. The summed E-state index contributed by atoms with van der Waals surface area (Å²) in [5.41, 5.74) is 4.08. The van der Waals surface area contributed by atoms with E-state index in [1.807, 2.05) is 29.8 Å². The fraction of sp³-hybridized carbons (Fsp3) is 0.471. The molecule has 1 heterocycles. The Morgan fingerprint density at radius 3 is 2.67 bits per heavy atom. The van der Waals surface area contributed by atoms with E-state index in [2.05, 4.69) is 25.0 Å². The second-order valence-corrected chi connectivity index (χ2v) is 5.30. The molecule has 2 aromatic rings. The standard InChI is InChI=1S/C17H24N2O2/c1-5-14-10-15(19(6-2)18-14)11-21-17-8-7-12(3)9-16(17)13(4)20/h7-10,13,20H,5-6,11H2,1-4H3/t13-/m1/s1. The SMILES string of the molecule is CCc1cc(COc2ccc(C)cc2[C@@H](C)O)n(CC)n1. The van der Waals surface area contributed by atoms with Crippen LogP contribution in [0.1, 0.15) is 49.4 Å². The van der Waals surface area contributed by atoms with Crippen LogP contribution in [0.25, 0.3) is 0 Å². The van der Waals surface area contributed by atoms with Crippen LogP contribution < -0.4 is 4.74 Å². The number of ether oxygens (including phenoxy) is 1. The van der Waals surface area contributed by atoms with Gasteiger partial charge in [0.2, 0.25) is 0 Å². The highest BCUT2D eigenvalue weighted by Gasteiger charge is 2.11. The Balaban J connectivity index is 2.18. The smallest absolute Gasteiger partial charge is 0.130 e. The zero-order valence-corrected chi connectivity index (χ0v) is 13.3. The molecule has 0 saturated heterocycles. The van der Waals surface area contributed by atoms with Gasteiger partial charge in [-0.25, -0.2) is 0 Å². The molecular formula is C17H24N2O2. The normalized spacial score (nSPS) is 12.4. The fourth-order valence-electron chi connectivity index (χ4n) is 2.36. The number of aromatic nitrogens is 2. The van der Waals surface area contributed by atoms with Crippen molar-refractivity contribution < 1.29 is 9.84 Å². The van der Waals surface area contributed by atoms with Crippen molar-refractivity contribution in [3.8, 4) is 5.75 Å². The molecule has 4 nitrogen and oxygen atoms in total. The Morgan fingerprint density at radius 1 is 1.29 bits per heavy atom. The molecule has 4 heteroatoms. The molecular weight excluding hydrogens is 264 g/mol. The molecule has 1 aromatic carbocycles. The van der Waals surface area contributed by atoms with Crippen LogP contribution in [0.15, 0.2) is 24.3 Å². The van der Waals surface area contributed by atoms with E-state index in [-0.39, 0.29) is 0 Å². The molecule has 0 aliphatic rings. The van der Waals surface area contributed by atoms with E-state index in [1.54, 1.807) is 6.92 Å². The summed E-state index contributed by atoms with van der Waals surface area (Å²) in [7, 11) is 0. The topological polar surface area (TPSA) is 47.3 Å². The lowest BCUT2D eigenvalue weighted by Crippen LogP contribution is -2.07. The average Bonchev–Trinajstić information content (AvgIpc) is 2.88. The highest BCUT2D eigenvalue weighted by Crippen LogP contribution is 2.27. The highest BCUT2D eigenvalue weighted by molar-refractivity contribution is 5.38. The third-order valence-corrected chi connectivity index (χ3v) is 3.57. The zero-order valence-electron chi connectivity index (χ0n) is 13.3. The van der Waals surface area contributed by atoms with Gasteiger partial charge in [-0.15, -0.1) is 0 Å². The molecule has 1 aromatic heterocycles. The molecule has 0 spiro atoms. The van der Waals surface area contributed by atoms with E-state index in [1.165, 1.54) is 0 Å². The predicted octanol–water partition coefficient (Wildman–Crippen LogP) is 3.41. The van der Waals surface area contributed by atoms with Gasteiger partial charge in [0.05, 0.1) is 17.5 Å². The Hall–Kier alpha value is -1.81. The molecule has 0 radical (unpaired) electrons. The van der Waals surface area contributed by atoms with Crippen molar-refractivity contribution in [1.29, 1.82) is 0 Å². The number of aliphatic hydroxyl groups excluding tert-OH is 1. The molecule has 21 heavy (non-hydrogen) atoms. The van der Waals surface area contributed by atoms with Crippen molar-refractivity contribution in [1.82, 2.24) is 9.78 Å². The predicted molar refractivity (Wildman–Crippen MR) is 83.4 cm³/mol. The van der Waals surface area contributed by atoms with Crippen LogP contribution in [0.3, 0.4) is 0 Å². The van der Waals surface area contributed by atoms with Gasteiger partial charge < -0.3 is 9.84 Å². The van der Waals surface area contributed by atoms with Crippen molar-refractivity contribution in [2.45, 2.75) is 53.4 Å². The summed E-state index contributed by atoms with van der Waals surface area (Å²) in [6.07, 6.45) is 0.380. The van der Waals surface area contributed by atoms with Gasteiger partial charge in [0.1, 0.15) is 12.4 Å². The fourth-order valence-corrected chi connectivity index (χ4v) is 2.36. The van der Waals surface area contributed by atoms with Crippen LogP contribution in [0.4, 0.5) is 0 Å². The van der Waals surface area contributed by atoms with Gasteiger partial charge in [-0.2, -0.15) is 5.10 Å². The van der Waals surface area contributed by atoms with Gasteiger partial charge in [0.15, 0.2) is 0 Å². The molecule has 0 amide bonds. The minimum Gasteiger partial charge on any atom is -0.487 e. The lowest BCUT2D eigenvalue weighted by molar-refractivity contribution is 0.189. The Morgan fingerprint density at radius 2 is 2.05 bits per heavy atom. The summed E-state index contributed by atoms with van der Waals surface area (Å²) in [4.78, 5) is 0. The minimum absolute atomic E-state index is 0.462. The van der Waals surface area contributed by atoms with Gasteiger partial charge in [0, 0.05) is 12.1 Å². The summed E-state index contributed by atoms with van der Waals surface area (Å²) in [5.74, 6) is 0.734. The van der Waals surface area contributed by atoms with E-state index >= 15 is 0 Å². The van der Waals surface area contributed by atoms with Crippen molar-refractivity contribution >= 4 is 0 Å². The summed E-state index contributed by atoms with van der Waals surface area (Å²) < 4.78 is 7.89. The maximum absolute atomic E-state index is 9.87. The van der Waals surface area contributed by atoms with Crippen LogP contribution in [0.2, 0.25) is 0 Å². The number of rotatable bonds is 6. The van der Waals surface area contributed by atoms with Crippen molar-refractivity contribution in [2.75, 3.05) is 0 Å². The van der Waals surface area contributed by atoms with Crippen LogP contribution in [-0.4, -0.2) is 14.9 Å². The molecule has 1 atom stereocenters. The van der Waals surface area contributed by atoms with E-state index < -0.39 is 6.10 Å². The zero-order chi connectivity index (χ0) is 15.4.